The molecule has 3 atom stereocenters. The number of nitrogens with one attached hydrogen (secondary N) is 1. The first-order valence-electron chi connectivity index (χ1n) is 13.6. The molecule has 0 bridgehead atoms. The summed E-state index contributed by atoms with van der Waals surface area (Å²) in [6.07, 6.45) is 2.28. The van der Waals surface area contributed by atoms with Crippen LogP contribution >= 0.6 is 0 Å². The van der Waals surface area contributed by atoms with Gasteiger partial charge in [0.1, 0.15) is 11.8 Å². The molecule has 218 valence electrons. The summed E-state index contributed by atoms with van der Waals surface area (Å²) >= 11 is 0. The number of aryl methyl sites for hydroxylation is 1. The highest BCUT2D eigenvalue weighted by molar-refractivity contribution is 5.80. The lowest BCUT2D eigenvalue weighted by Crippen LogP contribution is -2.53. The van der Waals surface area contributed by atoms with Gasteiger partial charge >= 0.3 is 6.09 Å². The van der Waals surface area contributed by atoms with Crippen LogP contribution in [0.1, 0.15) is 64.9 Å². The Balaban J connectivity index is 2.24. The van der Waals surface area contributed by atoms with Gasteiger partial charge in [-0.2, -0.15) is 5.06 Å². The Morgan fingerprint density at radius 1 is 1.15 bits per heavy atom. The van der Waals surface area contributed by atoms with E-state index in [4.69, 9.17) is 9.47 Å². The fraction of sp³-hybridized carbons (Fsp3) is 0.643. The summed E-state index contributed by atoms with van der Waals surface area (Å²) < 4.78 is 11.4. The van der Waals surface area contributed by atoms with E-state index in [1.807, 2.05) is 30.3 Å². The van der Waals surface area contributed by atoms with Crippen molar-refractivity contribution in [2.75, 3.05) is 26.7 Å². The van der Waals surface area contributed by atoms with Gasteiger partial charge in [-0.1, -0.05) is 30.3 Å². The molecule has 1 aromatic carbocycles. The van der Waals surface area contributed by atoms with E-state index in [1.165, 1.54) is 4.90 Å². The van der Waals surface area contributed by atoms with Gasteiger partial charge in [-0.3, -0.25) is 19.6 Å². The Morgan fingerprint density at radius 3 is 2.49 bits per heavy atom. The van der Waals surface area contributed by atoms with Gasteiger partial charge in [-0.05, 0) is 71.3 Å². The summed E-state index contributed by atoms with van der Waals surface area (Å²) in [6.45, 7) is 6.40. The average Bonchev–Trinajstić information content (AvgIpc) is 2.90. The first-order chi connectivity index (χ1) is 18.6. The van der Waals surface area contributed by atoms with Gasteiger partial charge in [0, 0.05) is 26.7 Å². The molecule has 1 fully saturated rings. The molecule has 0 saturated carbocycles. The maximum absolute atomic E-state index is 13.5. The third-order valence-electron chi connectivity index (χ3n) is 6.51. The molecule has 39 heavy (non-hydrogen) atoms. The Bertz CT molecular complexity index is 909. The van der Waals surface area contributed by atoms with Crippen molar-refractivity contribution in [2.24, 2.45) is 5.92 Å². The van der Waals surface area contributed by atoms with Crippen LogP contribution in [0.5, 0.6) is 0 Å². The maximum Gasteiger partial charge on any atom is 0.410 e. The molecule has 11 heteroatoms. The Morgan fingerprint density at radius 2 is 1.85 bits per heavy atom. The average molecular weight is 549 g/mol. The predicted octanol–water partition coefficient (Wildman–Crippen LogP) is 3.16. The summed E-state index contributed by atoms with van der Waals surface area (Å²) in [5.74, 6) is -1.30. The number of hydrogen-bond acceptors (Lipinski definition) is 7. The van der Waals surface area contributed by atoms with Crippen LogP contribution in [0, 0.1) is 5.92 Å². The molecule has 2 rings (SSSR count). The van der Waals surface area contributed by atoms with E-state index in [-0.39, 0.29) is 13.0 Å². The second-order valence-electron chi connectivity index (χ2n) is 10.8. The van der Waals surface area contributed by atoms with Crippen molar-refractivity contribution < 1.29 is 33.9 Å². The zero-order valence-electron chi connectivity index (χ0n) is 23.6. The summed E-state index contributed by atoms with van der Waals surface area (Å²) in [4.78, 5) is 52.4. The van der Waals surface area contributed by atoms with Crippen LogP contribution in [-0.4, -0.2) is 89.6 Å². The van der Waals surface area contributed by atoms with Crippen LogP contribution in [0.25, 0.3) is 0 Å². The van der Waals surface area contributed by atoms with Crippen molar-refractivity contribution in [3.05, 3.63) is 35.9 Å². The molecule has 1 aliphatic heterocycles. The number of hydrogen-bond donors (Lipinski definition) is 2. The number of nitrogens with zero attached hydrogens (tertiary/aromatic N) is 3. The number of amides is 4. The molecule has 2 N–H and O–H groups in total. The second-order valence-corrected chi connectivity index (χ2v) is 10.8. The molecule has 1 saturated heterocycles. The van der Waals surface area contributed by atoms with Crippen molar-refractivity contribution in [1.82, 2.24) is 20.2 Å². The molecule has 0 aliphatic carbocycles. The molecule has 1 aromatic rings. The van der Waals surface area contributed by atoms with Gasteiger partial charge in [0.2, 0.25) is 18.7 Å². The van der Waals surface area contributed by atoms with Crippen LogP contribution in [0.15, 0.2) is 30.3 Å². The zero-order chi connectivity index (χ0) is 28.8. The Hall–Kier alpha value is -3.18. The number of carbonyl (C=O) groups is 4. The van der Waals surface area contributed by atoms with Gasteiger partial charge in [-0.15, -0.1) is 0 Å². The fourth-order valence-electron chi connectivity index (χ4n) is 4.44. The van der Waals surface area contributed by atoms with E-state index in [0.29, 0.717) is 69.5 Å². The highest BCUT2D eigenvalue weighted by Crippen LogP contribution is 2.21. The van der Waals surface area contributed by atoms with Crippen molar-refractivity contribution >= 4 is 24.8 Å². The summed E-state index contributed by atoms with van der Waals surface area (Å²) in [7, 11) is 1.56. The van der Waals surface area contributed by atoms with Gasteiger partial charge in [0.05, 0.1) is 5.92 Å². The summed E-state index contributed by atoms with van der Waals surface area (Å²) in [6, 6.07) is 9.83. The summed E-state index contributed by atoms with van der Waals surface area (Å²) in [5, 5.41) is 13.7. The third kappa shape index (κ3) is 11.2. The van der Waals surface area contributed by atoms with Gasteiger partial charge in [0.15, 0.2) is 6.23 Å². The monoisotopic (exact) mass is 548 g/mol. The lowest BCUT2D eigenvalue weighted by molar-refractivity contribution is -0.221. The van der Waals surface area contributed by atoms with Crippen LogP contribution < -0.4 is 5.32 Å². The van der Waals surface area contributed by atoms with Crippen molar-refractivity contribution in [3.63, 3.8) is 0 Å². The van der Waals surface area contributed by atoms with Gasteiger partial charge in [-0.25, -0.2) is 4.79 Å². The van der Waals surface area contributed by atoms with E-state index in [1.54, 1.807) is 32.7 Å². The molecule has 0 spiro atoms. The van der Waals surface area contributed by atoms with E-state index < -0.39 is 35.9 Å². The molecular formula is C28H44N4O7. The van der Waals surface area contributed by atoms with Crippen LogP contribution in [0.4, 0.5) is 4.79 Å². The first kappa shape index (κ1) is 32.0. The zero-order valence-corrected chi connectivity index (χ0v) is 23.6. The summed E-state index contributed by atoms with van der Waals surface area (Å²) in [5.41, 5.74) is 0.469. The minimum atomic E-state index is -1.20. The number of benzene rings is 1. The van der Waals surface area contributed by atoms with Crippen molar-refractivity contribution in [2.45, 2.75) is 83.7 Å². The molecular weight excluding hydrogens is 504 g/mol. The van der Waals surface area contributed by atoms with E-state index in [9.17, 15) is 24.4 Å². The Labute approximate surface area is 231 Å². The van der Waals surface area contributed by atoms with Crippen LogP contribution in [-0.2, 0) is 30.3 Å². The molecule has 0 aromatic heterocycles. The van der Waals surface area contributed by atoms with Crippen molar-refractivity contribution in [1.29, 1.82) is 0 Å². The van der Waals surface area contributed by atoms with Gasteiger partial charge in [0.25, 0.3) is 0 Å². The SMILES string of the molecule is CN(C=O)[C@H]1CCCN(C(=O)OC(C)(C)C)CCCCO[C@H](N(O)C=O)[C@@H](CCCc2ccccc2)C(=O)N1. The lowest BCUT2D eigenvalue weighted by Gasteiger charge is -2.34. The van der Waals surface area contributed by atoms with E-state index in [0.717, 1.165) is 5.56 Å². The van der Waals surface area contributed by atoms with Gasteiger partial charge < -0.3 is 24.6 Å². The van der Waals surface area contributed by atoms with E-state index >= 15 is 0 Å². The van der Waals surface area contributed by atoms with Crippen LogP contribution in [0.3, 0.4) is 0 Å². The largest absolute Gasteiger partial charge is 0.444 e. The minimum Gasteiger partial charge on any atom is -0.444 e. The second kappa shape index (κ2) is 16.0. The number of hydroxylamine groups is 2. The van der Waals surface area contributed by atoms with Crippen LogP contribution in [0.2, 0.25) is 0 Å². The number of carbonyl (C=O) groups excluding carboxylic acids is 4. The predicted molar refractivity (Wildman–Crippen MR) is 144 cm³/mol. The highest BCUT2D eigenvalue weighted by atomic mass is 16.6. The molecule has 0 unspecified atom stereocenters. The highest BCUT2D eigenvalue weighted by Gasteiger charge is 2.35. The standard InChI is InChI=1S/C28H44N4O7/c1-28(2,3)39-27(36)31-17-8-9-19-38-26(32(37)21-34)23(15-10-14-22-12-6-5-7-13-22)25(35)29-24(16-11-18-31)30(4)20-33/h5-7,12-13,20-21,23-24,26,37H,8-11,14-19H2,1-4H3,(H,29,35)/t23-,24-,26-/m0/s1. The molecule has 0 radical (unpaired) electrons. The Kier molecular flexibility index (Phi) is 13.2. The quantitative estimate of drug-likeness (QED) is 0.290. The molecule has 11 nitrogen and oxygen atoms in total. The normalized spacial score (nSPS) is 21.7. The number of rotatable bonds is 8. The first-order valence-corrected chi connectivity index (χ1v) is 13.6. The maximum atomic E-state index is 13.5. The smallest absolute Gasteiger partial charge is 0.410 e. The fourth-order valence-corrected chi connectivity index (χ4v) is 4.44. The molecule has 1 heterocycles. The third-order valence-corrected chi connectivity index (χ3v) is 6.51. The number of ether oxygens (including phenoxy) is 2. The lowest BCUT2D eigenvalue weighted by atomic mass is 9.96. The van der Waals surface area contributed by atoms with E-state index in [2.05, 4.69) is 5.32 Å². The topological polar surface area (TPSA) is 129 Å². The minimum absolute atomic E-state index is 0.165. The van der Waals surface area contributed by atoms with Crippen molar-refractivity contribution in [3.8, 4) is 0 Å². The molecule has 1 aliphatic rings. The molecule has 4 amide bonds.